The van der Waals surface area contributed by atoms with Crippen molar-refractivity contribution in [3.8, 4) is 19.5 Å². The minimum atomic E-state index is 1.21. The summed E-state index contributed by atoms with van der Waals surface area (Å²) in [5, 5.41) is 5.22. The zero-order valence-electron chi connectivity index (χ0n) is 16.3. The summed E-state index contributed by atoms with van der Waals surface area (Å²) in [4.78, 5) is 5.29. The molecule has 7 rings (SSSR count). The van der Waals surface area contributed by atoms with E-state index < -0.39 is 0 Å². The van der Waals surface area contributed by atoms with Gasteiger partial charge in [0.25, 0.3) is 0 Å². The predicted molar refractivity (Wildman–Crippen MR) is 154 cm³/mol. The highest BCUT2D eigenvalue weighted by molar-refractivity contribution is 9.11. The Bertz CT molecular complexity index is 1610. The molecule has 6 heteroatoms. The van der Waals surface area contributed by atoms with Crippen LogP contribution in [-0.4, -0.2) is 0 Å². The molecule has 0 nitrogen and oxygen atoms in total. The molecule has 0 unspecified atom stereocenters. The molecule has 0 aliphatic rings. The Morgan fingerprint density at radius 1 is 0.469 bits per heavy atom. The number of rotatable bonds is 2. The summed E-state index contributed by atoms with van der Waals surface area (Å²) in [6.45, 7) is 0. The summed E-state index contributed by atoms with van der Waals surface area (Å²) < 4.78 is 7.72. The van der Waals surface area contributed by atoms with Gasteiger partial charge in [0, 0.05) is 48.3 Å². The highest BCUT2D eigenvalue weighted by atomic mass is 79.9. The molecule has 0 saturated heterocycles. The highest BCUT2D eigenvalue weighted by Crippen LogP contribution is 2.51. The number of thiophene rings is 4. The SMILES string of the molecule is Brc1c(-c2cc3ccccc3s2)sc2cc3c(Br)c(-c4cc5ccccc5s4)sc3cc12. The summed E-state index contributed by atoms with van der Waals surface area (Å²) in [7, 11) is 0. The van der Waals surface area contributed by atoms with E-state index in [0.717, 1.165) is 0 Å². The van der Waals surface area contributed by atoms with Gasteiger partial charge in [0.15, 0.2) is 0 Å². The summed E-state index contributed by atoms with van der Waals surface area (Å²) in [6, 6.07) is 26.6. The molecule has 0 bridgehead atoms. The van der Waals surface area contributed by atoms with E-state index >= 15 is 0 Å². The van der Waals surface area contributed by atoms with Gasteiger partial charge in [-0.25, -0.2) is 0 Å². The van der Waals surface area contributed by atoms with Gasteiger partial charge in [0.2, 0.25) is 0 Å². The van der Waals surface area contributed by atoms with E-state index in [-0.39, 0.29) is 0 Å². The molecule has 3 aromatic carbocycles. The molecule has 0 fully saturated rings. The van der Waals surface area contributed by atoms with Gasteiger partial charge < -0.3 is 0 Å². The highest BCUT2D eigenvalue weighted by Gasteiger charge is 2.19. The van der Waals surface area contributed by atoms with Crippen molar-refractivity contribution in [2.75, 3.05) is 0 Å². The third-order valence-electron chi connectivity index (χ3n) is 5.68. The number of hydrogen-bond acceptors (Lipinski definition) is 4. The minimum Gasteiger partial charge on any atom is -0.134 e. The van der Waals surface area contributed by atoms with Crippen LogP contribution in [0.3, 0.4) is 0 Å². The summed E-state index contributed by atoms with van der Waals surface area (Å²) in [5.74, 6) is 0. The van der Waals surface area contributed by atoms with Gasteiger partial charge in [-0.05, 0) is 79.0 Å². The molecule has 0 N–H and O–H groups in total. The Balaban J connectivity index is 1.41. The molecule has 0 aliphatic carbocycles. The zero-order valence-corrected chi connectivity index (χ0v) is 22.8. The molecule has 154 valence electrons. The van der Waals surface area contributed by atoms with Crippen molar-refractivity contribution in [1.82, 2.24) is 0 Å². The first-order valence-electron chi connectivity index (χ1n) is 9.98. The largest absolute Gasteiger partial charge is 0.134 e. The fourth-order valence-corrected chi connectivity index (χ4v) is 10.8. The van der Waals surface area contributed by atoms with Crippen LogP contribution in [0, 0.1) is 0 Å². The second-order valence-electron chi connectivity index (χ2n) is 7.63. The van der Waals surface area contributed by atoms with Gasteiger partial charge in [0.1, 0.15) is 0 Å². The molecule has 0 aliphatic heterocycles. The lowest BCUT2D eigenvalue weighted by atomic mass is 10.2. The lowest BCUT2D eigenvalue weighted by Crippen LogP contribution is -1.68. The van der Waals surface area contributed by atoms with Crippen molar-refractivity contribution in [3.05, 3.63) is 81.7 Å². The molecule has 0 radical (unpaired) electrons. The molecule has 7 aromatic rings. The third-order valence-corrected chi connectivity index (χ3v) is 12.7. The fraction of sp³-hybridized carbons (Fsp3) is 0. The maximum absolute atomic E-state index is 3.94. The van der Waals surface area contributed by atoms with Gasteiger partial charge in [-0.2, -0.15) is 0 Å². The van der Waals surface area contributed by atoms with Crippen LogP contribution in [0.4, 0.5) is 0 Å². The quantitative estimate of drug-likeness (QED) is 0.182. The first kappa shape index (κ1) is 19.9. The van der Waals surface area contributed by atoms with Crippen LogP contribution in [0.5, 0.6) is 0 Å². The average molecular weight is 612 g/mol. The smallest absolute Gasteiger partial charge is 0.0597 e. The molecule has 0 saturated carbocycles. The second-order valence-corrected chi connectivity index (χ2v) is 13.5. The number of fused-ring (bicyclic) bond motifs is 4. The number of benzene rings is 3. The van der Waals surface area contributed by atoms with Crippen LogP contribution < -0.4 is 0 Å². The van der Waals surface area contributed by atoms with E-state index in [2.05, 4.69) is 105 Å². The predicted octanol–water partition coefficient (Wildman–Crippen LogP) is 11.4. The lowest BCUT2D eigenvalue weighted by molar-refractivity contribution is 1.85. The molecule has 32 heavy (non-hydrogen) atoms. The zero-order chi connectivity index (χ0) is 21.4. The molecule has 4 aromatic heterocycles. The Morgan fingerprint density at radius 2 is 0.906 bits per heavy atom. The van der Waals surface area contributed by atoms with Crippen LogP contribution in [0.1, 0.15) is 0 Å². The molecule has 0 amide bonds. The van der Waals surface area contributed by atoms with Gasteiger partial charge in [-0.1, -0.05) is 36.4 Å². The van der Waals surface area contributed by atoms with Crippen molar-refractivity contribution in [1.29, 1.82) is 0 Å². The van der Waals surface area contributed by atoms with E-state index in [9.17, 15) is 0 Å². The molecule has 4 heterocycles. The normalized spacial score (nSPS) is 12.1. The van der Waals surface area contributed by atoms with Crippen molar-refractivity contribution in [2.24, 2.45) is 0 Å². The Hall–Kier alpha value is -1.54. The number of halogens is 2. The monoisotopic (exact) mass is 610 g/mol. The Labute approximate surface area is 217 Å². The minimum absolute atomic E-state index is 1.21. The summed E-state index contributed by atoms with van der Waals surface area (Å²) in [6.07, 6.45) is 0. The number of hydrogen-bond donors (Lipinski definition) is 0. The van der Waals surface area contributed by atoms with Crippen molar-refractivity contribution < 1.29 is 0 Å². The molecular formula is C26H12Br2S4. The standard InChI is InChI=1S/C26H12Br2S4/c27-23-15-11-20-16(24(28)26(32-20)22-10-14-6-2-4-8-18(14)30-22)12-19(15)31-25(23)21-9-13-5-1-3-7-17(13)29-21/h1-12H. The topological polar surface area (TPSA) is 0 Å². The van der Waals surface area contributed by atoms with E-state index in [0.29, 0.717) is 0 Å². The summed E-state index contributed by atoms with van der Waals surface area (Å²) >= 11 is 15.4. The van der Waals surface area contributed by atoms with E-state index in [1.54, 1.807) is 0 Å². The average Bonchev–Trinajstić information content (AvgIpc) is 3.56. The Morgan fingerprint density at radius 3 is 1.34 bits per heavy atom. The van der Waals surface area contributed by atoms with Crippen molar-refractivity contribution in [3.63, 3.8) is 0 Å². The summed E-state index contributed by atoms with van der Waals surface area (Å²) in [5.41, 5.74) is 0. The van der Waals surface area contributed by atoms with E-state index in [1.807, 2.05) is 45.3 Å². The Kier molecular flexibility index (Phi) is 4.65. The molecular weight excluding hydrogens is 600 g/mol. The molecule has 0 spiro atoms. The van der Waals surface area contributed by atoms with Crippen molar-refractivity contribution in [2.45, 2.75) is 0 Å². The fourth-order valence-electron chi connectivity index (χ4n) is 4.13. The van der Waals surface area contributed by atoms with Crippen LogP contribution >= 0.6 is 77.2 Å². The maximum Gasteiger partial charge on any atom is 0.0597 e. The van der Waals surface area contributed by atoms with Crippen LogP contribution in [0.2, 0.25) is 0 Å². The first-order chi connectivity index (χ1) is 15.7. The van der Waals surface area contributed by atoms with Gasteiger partial charge in [-0.15, -0.1) is 45.3 Å². The third kappa shape index (κ3) is 3.01. The second kappa shape index (κ2) is 7.49. The lowest BCUT2D eigenvalue weighted by Gasteiger charge is -1.94. The maximum atomic E-state index is 3.94. The van der Waals surface area contributed by atoms with Gasteiger partial charge in [-0.3, -0.25) is 0 Å². The van der Waals surface area contributed by atoms with Crippen LogP contribution in [0.15, 0.2) is 81.7 Å². The molecule has 0 atom stereocenters. The van der Waals surface area contributed by atoms with Gasteiger partial charge in [0.05, 0.1) is 9.75 Å². The van der Waals surface area contributed by atoms with Gasteiger partial charge >= 0.3 is 0 Å². The first-order valence-corrected chi connectivity index (χ1v) is 14.8. The van der Waals surface area contributed by atoms with Crippen LogP contribution in [-0.2, 0) is 0 Å². The van der Waals surface area contributed by atoms with Crippen LogP contribution in [0.25, 0.3) is 59.9 Å². The van der Waals surface area contributed by atoms with E-state index in [4.69, 9.17) is 0 Å². The van der Waals surface area contributed by atoms with Crippen molar-refractivity contribution >= 4 is 118 Å². The van der Waals surface area contributed by atoms with E-state index in [1.165, 1.54) is 68.8 Å².